The first-order chi connectivity index (χ1) is 19.0. The van der Waals surface area contributed by atoms with Crippen LogP contribution in [0.4, 0.5) is 17.1 Å². The second-order valence-corrected chi connectivity index (χ2v) is 10.2. The van der Waals surface area contributed by atoms with Gasteiger partial charge in [0.2, 0.25) is 11.8 Å². The molecule has 0 radical (unpaired) electrons. The van der Waals surface area contributed by atoms with Crippen LogP contribution in [0.1, 0.15) is 30.5 Å². The number of nitrogens with zero attached hydrogens (tertiary/aromatic N) is 1. The van der Waals surface area contributed by atoms with E-state index in [-0.39, 0.29) is 25.0 Å². The summed E-state index contributed by atoms with van der Waals surface area (Å²) in [6.45, 7) is -0.0228. The van der Waals surface area contributed by atoms with Crippen LogP contribution in [0.25, 0.3) is 0 Å². The van der Waals surface area contributed by atoms with Crippen LogP contribution in [0.15, 0.2) is 82.2 Å². The van der Waals surface area contributed by atoms with Crippen LogP contribution in [-0.4, -0.2) is 42.8 Å². The molecule has 4 atom stereocenters. The first-order valence-corrected chi connectivity index (χ1v) is 13.0. The SMILES string of the molecule is COCC1=C2B(O)O[C@H](c3ccc(CO)o3)C[C@H]2[C@H]2C(=O)N(c3ccc(Nc4ccccc4)cc3)C(=O)[C@H]2C1. The lowest BCUT2D eigenvalue weighted by atomic mass is 9.55. The molecule has 6 rings (SSSR count). The fourth-order valence-electron chi connectivity index (χ4n) is 6.19. The van der Waals surface area contributed by atoms with Crippen molar-refractivity contribution in [2.24, 2.45) is 17.8 Å². The second-order valence-electron chi connectivity index (χ2n) is 10.2. The summed E-state index contributed by atoms with van der Waals surface area (Å²) in [5.74, 6) is -1.31. The minimum atomic E-state index is -1.26. The van der Waals surface area contributed by atoms with E-state index in [9.17, 15) is 19.7 Å². The number of carbonyl (C=O) groups excluding carboxylic acids is 2. The molecule has 2 aliphatic heterocycles. The van der Waals surface area contributed by atoms with E-state index in [0.717, 1.165) is 16.9 Å². The summed E-state index contributed by atoms with van der Waals surface area (Å²) in [4.78, 5) is 28.9. The molecular weight excluding hydrogens is 499 g/mol. The van der Waals surface area contributed by atoms with Crippen molar-refractivity contribution in [3.05, 3.63) is 89.3 Å². The molecule has 2 saturated heterocycles. The van der Waals surface area contributed by atoms with Gasteiger partial charge in [0.05, 0.1) is 24.1 Å². The van der Waals surface area contributed by atoms with E-state index >= 15 is 0 Å². The number of ether oxygens (including phenoxy) is 1. The van der Waals surface area contributed by atoms with Crippen molar-refractivity contribution < 1.29 is 33.5 Å². The largest absolute Gasteiger partial charge is 0.487 e. The van der Waals surface area contributed by atoms with Crippen LogP contribution >= 0.6 is 0 Å². The van der Waals surface area contributed by atoms with Crippen LogP contribution < -0.4 is 10.2 Å². The zero-order chi connectivity index (χ0) is 27.1. The van der Waals surface area contributed by atoms with E-state index in [2.05, 4.69) is 5.32 Å². The average Bonchev–Trinajstić information content (AvgIpc) is 3.52. The van der Waals surface area contributed by atoms with Crippen LogP contribution in [0, 0.1) is 17.8 Å². The number of hydrogen-bond acceptors (Lipinski definition) is 8. The first kappa shape index (κ1) is 25.6. The average molecular weight is 528 g/mol. The standard InChI is InChI=1S/C29H29BN2O7/c1-37-16-17-13-23-26(22-14-25(39-30(36)27(17)22)24-12-11-21(15-33)38-24)29(35)32(28(23)34)20-9-7-19(8-10-20)31-18-5-3-2-4-6-18/h2-12,22-23,25-26,31,33,36H,13-16H2,1H3/t22-,23-,25-,26+/m0/s1. The lowest BCUT2D eigenvalue weighted by molar-refractivity contribution is -0.123. The Morgan fingerprint density at radius 2 is 1.74 bits per heavy atom. The highest BCUT2D eigenvalue weighted by Gasteiger charge is 2.58. The molecule has 3 N–H and O–H groups in total. The van der Waals surface area contributed by atoms with Crippen molar-refractivity contribution >= 4 is 36.0 Å². The van der Waals surface area contributed by atoms with Gasteiger partial charge < -0.3 is 29.3 Å². The Kier molecular flexibility index (Phi) is 6.86. The summed E-state index contributed by atoms with van der Waals surface area (Å²) in [6.07, 6.45) is 0.0443. The van der Waals surface area contributed by atoms with Crippen molar-refractivity contribution in [2.75, 3.05) is 23.9 Å². The second kappa shape index (κ2) is 10.5. The third-order valence-electron chi connectivity index (χ3n) is 7.87. The first-order valence-electron chi connectivity index (χ1n) is 13.0. The molecule has 39 heavy (non-hydrogen) atoms. The molecule has 0 saturated carbocycles. The molecule has 2 fully saturated rings. The highest BCUT2D eigenvalue weighted by molar-refractivity contribution is 6.53. The molecule has 200 valence electrons. The van der Waals surface area contributed by atoms with Crippen molar-refractivity contribution in [1.82, 2.24) is 0 Å². The number of fused-ring (bicyclic) bond motifs is 3. The van der Waals surface area contributed by atoms with Gasteiger partial charge in [-0.05, 0) is 78.3 Å². The van der Waals surface area contributed by atoms with Crippen molar-refractivity contribution in [1.29, 1.82) is 0 Å². The van der Waals surface area contributed by atoms with E-state index in [1.165, 1.54) is 4.90 Å². The third kappa shape index (κ3) is 4.59. The van der Waals surface area contributed by atoms with Gasteiger partial charge >= 0.3 is 7.12 Å². The van der Waals surface area contributed by atoms with Crippen molar-refractivity contribution in [2.45, 2.75) is 25.6 Å². The molecule has 3 heterocycles. The van der Waals surface area contributed by atoms with Crippen LogP contribution in [0.3, 0.4) is 0 Å². The summed E-state index contributed by atoms with van der Waals surface area (Å²) in [7, 11) is 0.300. The Morgan fingerprint density at radius 3 is 2.44 bits per heavy atom. The summed E-state index contributed by atoms with van der Waals surface area (Å²) >= 11 is 0. The number of rotatable bonds is 7. The highest BCUT2D eigenvalue weighted by atomic mass is 16.5. The highest BCUT2D eigenvalue weighted by Crippen LogP contribution is 2.52. The number of anilines is 3. The summed E-state index contributed by atoms with van der Waals surface area (Å²) in [5.41, 5.74) is 3.69. The Bertz CT molecular complexity index is 1400. The fourth-order valence-corrected chi connectivity index (χ4v) is 6.19. The zero-order valence-electron chi connectivity index (χ0n) is 21.4. The molecule has 0 spiro atoms. The van der Waals surface area contributed by atoms with Gasteiger partial charge in [0.15, 0.2) is 0 Å². The number of nitrogens with one attached hydrogen (secondary N) is 1. The number of carbonyl (C=O) groups is 2. The van der Waals surface area contributed by atoms with Gasteiger partial charge in [0, 0.05) is 18.5 Å². The van der Waals surface area contributed by atoms with Crippen molar-refractivity contribution in [3.8, 4) is 0 Å². The van der Waals surface area contributed by atoms with Crippen molar-refractivity contribution in [3.63, 3.8) is 0 Å². The number of para-hydroxylation sites is 1. The summed E-state index contributed by atoms with van der Waals surface area (Å²) in [6, 6.07) is 20.3. The third-order valence-corrected chi connectivity index (χ3v) is 7.87. The predicted molar refractivity (Wildman–Crippen MR) is 144 cm³/mol. The van der Waals surface area contributed by atoms with Gasteiger partial charge in [-0.25, -0.2) is 0 Å². The molecule has 9 nitrogen and oxygen atoms in total. The van der Waals surface area contributed by atoms with E-state index in [0.29, 0.717) is 35.5 Å². The smallest absolute Gasteiger partial charge is 0.461 e. The van der Waals surface area contributed by atoms with Gasteiger partial charge in [-0.2, -0.15) is 0 Å². The molecule has 1 aliphatic carbocycles. The van der Waals surface area contributed by atoms with Gasteiger partial charge in [-0.15, -0.1) is 0 Å². The number of furan rings is 1. The molecule has 3 aromatic rings. The predicted octanol–water partition coefficient (Wildman–Crippen LogP) is 3.77. The van der Waals surface area contributed by atoms with E-state index < -0.39 is 31.0 Å². The topological polar surface area (TPSA) is 121 Å². The van der Waals surface area contributed by atoms with Gasteiger partial charge in [0.25, 0.3) is 0 Å². The van der Waals surface area contributed by atoms with E-state index in [1.54, 1.807) is 31.4 Å². The minimum absolute atomic E-state index is 0.233. The van der Waals surface area contributed by atoms with E-state index in [4.69, 9.17) is 13.8 Å². The number of aliphatic hydroxyl groups excluding tert-OH is 1. The lowest BCUT2D eigenvalue weighted by Gasteiger charge is -2.41. The maximum Gasteiger partial charge on any atom is 0.487 e. The number of imide groups is 1. The van der Waals surface area contributed by atoms with Crippen LogP contribution in [0.2, 0.25) is 0 Å². The quantitative estimate of drug-likeness (QED) is 0.313. The number of methoxy groups -OCH3 is 1. The number of aliphatic hydroxyl groups is 1. The number of amides is 2. The maximum atomic E-state index is 13.9. The Balaban J connectivity index is 1.29. The Morgan fingerprint density at radius 1 is 1.00 bits per heavy atom. The maximum absolute atomic E-state index is 13.9. The molecule has 3 aliphatic rings. The summed E-state index contributed by atoms with van der Waals surface area (Å²) in [5, 5.41) is 23.8. The molecule has 0 unspecified atom stereocenters. The number of benzene rings is 2. The van der Waals surface area contributed by atoms with Crippen LogP contribution in [-0.2, 0) is 25.6 Å². The normalized spacial score (nSPS) is 24.7. The Hall–Kier alpha value is -3.70. The summed E-state index contributed by atoms with van der Waals surface area (Å²) < 4.78 is 17.0. The minimum Gasteiger partial charge on any atom is -0.461 e. The molecule has 0 bridgehead atoms. The molecule has 2 aromatic carbocycles. The number of allylic oxidation sites excluding steroid dienone is 1. The molecule has 1 aromatic heterocycles. The Labute approximate surface area is 226 Å². The van der Waals surface area contributed by atoms with Gasteiger partial charge in [-0.3, -0.25) is 14.5 Å². The van der Waals surface area contributed by atoms with Gasteiger partial charge in [-0.1, -0.05) is 18.2 Å². The van der Waals surface area contributed by atoms with Gasteiger partial charge in [0.1, 0.15) is 24.2 Å². The monoisotopic (exact) mass is 528 g/mol. The fraction of sp³-hybridized carbons (Fsp3) is 0.310. The number of hydrogen-bond donors (Lipinski definition) is 3. The van der Waals surface area contributed by atoms with Crippen LogP contribution in [0.5, 0.6) is 0 Å². The zero-order valence-corrected chi connectivity index (χ0v) is 21.4. The molecule has 2 amide bonds. The molecule has 10 heteroatoms. The molecular formula is C29H29BN2O7. The van der Waals surface area contributed by atoms with E-state index in [1.807, 2.05) is 42.5 Å². The lowest BCUT2D eigenvalue weighted by Crippen LogP contribution is -2.45.